The summed E-state index contributed by atoms with van der Waals surface area (Å²) in [6, 6.07) is 3.82. The molecular formula is C13H19F2N3. The lowest BCUT2D eigenvalue weighted by Crippen LogP contribution is -2.53. The van der Waals surface area contributed by atoms with Crippen LogP contribution in [0.25, 0.3) is 0 Å². The summed E-state index contributed by atoms with van der Waals surface area (Å²) in [6.45, 7) is 3.53. The van der Waals surface area contributed by atoms with Gasteiger partial charge in [-0.2, -0.15) is 0 Å². The summed E-state index contributed by atoms with van der Waals surface area (Å²) in [6.07, 6.45) is 0. The van der Waals surface area contributed by atoms with E-state index in [1.54, 1.807) is 11.9 Å². The van der Waals surface area contributed by atoms with E-state index >= 15 is 0 Å². The van der Waals surface area contributed by atoms with Crippen molar-refractivity contribution in [3.8, 4) is 0 Å². The fourth-order valence-corrected chi connectivity index (χ4v) is 2.32. The molecule has 1 aromatic carbocycles. The van der Waals surface area contributed by atoms with E-state index in [2.05, 4.69) is 17.3 Å². The molecule has 1 atom stereocenters. The van der Waals surface area contributed by atoms with E-state index in [1.165, 1.54) is 12.1 Å². The Morgan fingerprint density at radius 2 is 2.22 bits per heavy atom. The molecule has 1 aliphatic rings. The first-order chi connectivity index (χ1) is 8.56. The van der Waals surface area contributed by atoms with Gasteiger partial charge in [-0.3, -0.25) is 0 Å². The Hall–Kier alpha value is -1.20. The number of nitrogens with zero attached hydrogens (tertiary/aromatic N) is 2. The predicted molar refractivity (Wildman–Crippen MR) is 68.9 cm³/mol. The van der Waals surface area contributed by atoms with Crippen LogP contribution in [-0.4, -0.2) is 51.2 Å². The zero-order chi connectivity index (χ0) is 13.1. The molecule has 0 saturated carbocycles. The maximum Gasteiger partial charge on any atom is 0.146 e. The van der Waals surface area contributed by atoms with Crippen LogP contribution in [0.4, 0.5) is 14.5 Å². The van der Waals surface area contributed by atoms with Gasteiger partial charge in [0.2, 0.25) is 0 Å². The quantitative estimate of drug-likeness (QED) is 0.878. The lowest BCUT2D eigenvalue weighted by atomic mass is 10.2. The second kappa shape index (κ2) is 5.63. The van der Waals surface area contributed by atoms with Crippen molar-refractivity contribution in [3.63, 3.8) is 0 Å². The molecule has 0 aliphatic carbocycles. The summed E-state index contributed by atoms with van der Waals surface area (Å²) >= 11 is 0. The first-order valence-electron chi connectivity index (χ1n) is 6.14. The van der Waals surface area contributed by atoms with Gasteiger partial charge >= 0.3 is 0 Å². The highest BCUT2D eigenvalue weighted by Gasteiger charge is 2.19. The minimum atomic E-state index is -0.410. The molecule has 1 unspecified atom stereocenters. The summed E-state index contributed by atoms with van der Waals surface area (Å²) < 4.78 is 26.7. The van der Waals surface area contributed by atoms with Crippen molar-refractivity contribution in [2.75, 3.05) is 45.2 Å². The van der Waals surface area contributed by atoms with Crippen molar-refractivity contribution in [2.45, 2.75) is 6.04 Å². The number of hydrogen-bond acceptors (Lipinski definition) is 3. The fourth-order valence-electron chi connectivity index (χ4n) is 2.32. The van der Waals surface area contributed by atoms with Crippen LogP contribution in [0.15, 0.2) is 18.2 Å². The zero-order valence-electron chi connectivity index (χ0n) is 10.8. The highest BCUT2D eigenvalue weighted by Crippen LogP contribution is 2.19. The van der Waals surface area contributed by atoms with Gasteiger partial charge in [0, 0.05) is 45.3 Å². The molecule has 1 aromatic rings. The monoisotopic (exact) mass is 255 g/mol. The van der Waals surface area contributed by atoms with Crippen molar-refractivity contribution in [1.82, 2.24) is 10.2 Å². The van der Waals surface area contributed by atoms with Crippen molar-refractivity contribution >= 4 is 5.69 Å². The highest BCUT2D eigenvalue weighted by atomic mass is 19.1. The normalized spacial score (nSPS) is 21.0. The molecule has 1 saturated heterocycles. The molecule has 5 heteroatoms. The third kappa shape index (κ3) is 3.17. The van der Waals surface area contributed by atoms with E-state index in [0.29, 0.717) is 12.2 Å². The van der Waals surface area contributed by atoms with E-state index < -0.39 is 5.82 Å². The van der Waals surface area contributed by atoms with Gasteiger partial charge in [-0.05, 0) is 19.2 Å². The summed E-state index contributed by atoms with van der Waals surface area (Å²) in [5, 5.41) is 3.38. The van der Waals surface area contributed by atoms with Crippen LogP contribution in [0.2, 0.25) is 0 Å². The van der Waals surface area contributed by atoms with Crippen LogP contribution in [0, 0.1) is 11.6 Å². The van der Waals surface area contributed by atoms with Crippen LogP contribution in [-0.2, 0) is 0 Å². The summed E-state index contributed by atoms with van der Waals surface area (Å²) in [5.41, 5.74) is 0.310. The Morgan fingerprint density at radius 1 is 1.44 bits per heavy atom. The van der Waals surface area contributed by atoms with E-state index in [0.717, 1.165) is 25.7 Å². The molecule has 0 aromatic heterocycles. The molecule has 0 spiro atoms. The molecule has 0 amide bonds. The number of likely N-dealkylation sites (N-methyl/N-ethyl adjacent to an activating group) is 2. The maximum absolute atomic E-state index is 13.6. The summed E-state index contributed by atoms with van der Waals surface area (Å²) in [7, 11) is 3.85. The summed E-state index contributed by atoms with van der Waals surface area (Å²) in [5.74, 6) is -0.796. The van der Waals surface area contributed by atoms with Crippen LogP contribution in [0.3, 0.4) is 0 Å². The topological polar surface area (TPSA) is 18.5 Å². The largest absolute Gasteiger partial charge is 0.371 e. The van der Waals surface area contributed by atoms with Crippen molar-refractivity contribution in [1.29, 1.82) is 0 Å². The molecule has 3 nitrogen and oxygen atoms in total. The van der Waals surface area contributed by atoms with Gasteiger partial charge in [-0.25, -0.2) is 8.78 Å². The number of halogens is 2. The van der Waals surface area contributed by atoms with E-state index in [9.17, 15) is 8.78 Å². The third-order valence-corrected chi connectivity index (χ3v) is 3.27. The Labute approximate surface area is 106 Å². The number of benzene rings is 1. The highest BCUT2D eigenvalue weighted by molar-refractivity contribution is 5.47. The Kier molecular flexibility index (Phi) is 4.14. The molecule has 1 fully saturated rings. The molecule has 1 aliphatic heterocycles. The minimum absolute atomic E-state index is 0.274. The van der Waals surface area contributed by atoms with Crippen molar-refractivity contribution in [2.24, 2.45) is 0 Å². The maximum atomic E-state index is 13.6. The molecule has 18 heavy (non-hydrogen) atoms. The lowest BCUT2D eigenvalue weighted by Gasteiger charge is -2.34. The first kappa shape index (κ1) is 13.2. The molecule has 1 heterocycles. The van der Waals surface area contributed by atoms with Gasteiger partial charge in [0.15, 0.2) is 0 Å². The SMILES string of the molecule is CN1CCNC(CN(C)c2cc(F)ccc2F)C1. The standard InChI is InChI=1S/C13H19F2N3/c1-17-6-5-16-11(8-17)9-18(2)13-7-10(14)3-4-12(13)15/h3-4,7,11,16H,5-6,8-9H2,1-2H3. The molecule has 0 bridgehead atoms. The van der Waals surface area contributed by atoms with Gasteiger partial charge in [-0.1, -0.05) is 0 Å². The van der Waals surface area contributed by atoms with Crippen LogP contribution >= 0.6 is 0 Å². The number of hydrogen-bond donors (Lipinski definition) is 1. The van der Waals surface area contributed by atoms with Gasteiger partial charge in [0.05, 0.1) is 5.69 Å². The number of piperazine rings is 1. The average Bonchev–Trinajstić information content (AvgIpc) is 2.32. The average molecular weight is 255 g/mol. The number of anilines is 1. The third-order valence-electron chi connectivity index (χ3n) is 3.27. The van der Waals surface area contributed by atoms with E-state index in [4.69, 9.17) is 0 Å². The van der Waals surface area contributed by atoms with E-state index in [-0.39, 0.29) is 11.9 Å². The van der Waals surface area contributed by atoms with E-state index in [1.807, 2.05) is 0 Å². The smallest absolute Gasteiger partial charge is 0.146 e. The Morgan fingerprint density at radius 3 is 2.94 bits per heavy atom. The molecule has 0 radical (unpaired) electrons. The molecule has 2 rings (SSSR count). The Balaban J connectivity index is 2.02. The van der Waals surface area contributed by atoms with Gasteiger partial charge in [-0.15, -0.1) is 0 Å². The fraction of sp³-hybridized carbons (Fsp3) is 0.538. The zero-order valence-corrected chi connectivity index (χ0v) is 10.8. The van der Waals surface area contributed by atoms with Crippen molar-refractivity contribution in [3.05, 3.63) is 29.8 Å². The van der Waals surface area contributed by atoms with Gasteiger partial charge in [0.25, 0.3) is 0 Å². The second-order valence-electron chi connectivity index (χ2n) is 4.89. The predicted octanol–water partition coefficient (Wildman–Crippen LogP) is 1.30. The lowest BCUT2D eigenvalue weighted by molar-refractivity contribution is 0.241. The first-order valence-corrected chi connectivity index (χ1v) is 6.14. The van der Waals surface area contributed by atoms with Gasteiger partial charge in [0.1, 0.15) is 11.6 Å². The number of rotatable bonds is 3. The minimum Gasteiger partial charge on any atom is -0.371 e. The van der Waals surface area contributed by atoms with Crippen LogP contribution in [0.1, 0.15) is 0 Å². The van der Waals surface area contributed by atoms with Crippen LogP contribution < -0.4 is 10.2 Å². The second-order valence-corrected chi connectivity index (χ2v) is 4.89. The number of nitrogens with one attached hydrogen (secondary N) is 1. The molecule has 1 N–H and O–H groups in total. The van der Waals surface area contributed by atoms with Gasteiger partial charge < -0.3 is 15.1 Å². The van der Waals surface area contributed by atoms with Crippen LogP contribution in [0.5, 0.6) is 0 Å². The summed E-state index contributed by atoms with van der Waals surface area (Å²) in [4.78, 5) is 3.99. The van der Waals surface area contributed by atoms with Crippen molar-refractivity contribution < 1.29 is 8.78 Å². The molecular weight excluding hydrogens is 236 g/mol. The molecule has 100 valence electrons. The Bertz CT molecular complexity index is 411.